The fourth-order valence-electron chi connectivity index (χ4n) is 2.89. The zero-order chi connectivity index (χ0) is 17.1. The molecule has 1 amide bonds. The maximum atomic E-state index is 12.8. The minimum atomic E-state index is -0.544. The van der Waals surface area contributed by atoms with Gasteiger partial charge in [-0.25, -0.2) is 4.98 Å². The SMILES string of the molecule is CCNc1nc(C)c(C(=O)N2C[C@@H](Cc3cnccn3)[C@H](O)C2)s1. The van der Waals surface area contributed by atoms with E-state index in [-0.39, 0.29) is 11.8 Å². The lowest BCUT2D eigenvalue weighted by molar-refractivity contribution is 0.0768. The van der Waals surface area contributed by atoms with Gasteiger partial charge in [0.2, 0.25) is 0 Å². The van der Waals surface area contributed by atoms with Crippen LogP contribution in [0.3, 0.4) is 0 Å². The first-order chi connectivity index (χ1) is 11.6. The molecule has 1 saturated heterocycles. The Hall–Kier alpha value is -2.06. The highest BCUT2D eigenvalue weighted by Crippen LogP contribution is 2.27. The van der Waals surface area contributed by atoms with Crippen molar-refractivity contribution in [3.63, 3.8) is 0 Å². The first-order valence-corrected chi connectivity index (χ1v) is 8.83. The van der Waals surface area contributed by atoms with Crippen LogP contribution in [0.4, 0.5) is 5.13 Å². The number of rotatable bonds is 5. The van der Waals surface area contributed by atoms with Crippen molar-refractivity contribution in [1.82, 2.24) is 19.9 Å². The van der Waals surface area contributed by atoms with Crippen molar-refractivity contribution in [2.24, 2.45) is 5.92 Å². The Morgan fingerprint density at radius 3 is 3.00 bits per heavy atom. The molecular weight excluding hydrogens is 326 g/mol. The number of aryl methyl sites for hydroxylation is 1. The number of hydrogen-bond donors (Lipinski definition) is 2. The molecular formula is C16H21N5O2S. The van der Waals surface area contributed by atoms with E-state index in [9.17, 15) is 9.90 Å². The molecule has 0 radical (unpaired) electrons. The summed E-state index contributed by atoms with van der Waals surface area (Å²) in [5.74, 6) is -0.0815. The van der Waals surface area contributed by atoms with Crippen LogP contribution in [0.5, 0.6) is 0 Å². The van der Waals surface area contributed by atoms with E-state index in [0.717, 1.165) is 23.1 Å². The standard InChI is InChI=1S/C16H21N5O2S/c1-3-18-16-20-10(2)14(24-16)15(23)21-8-11(13(22)9-21)6-12-7-17-4-5-19-12/h4-5,7,11,13,22H,3,6,8-9H2,1-2H3,(H,18,20)/t11-,13-/m1/s1. The van der Waals surface area contributed by atoms with Crippen LogP contribution < -0.4 is 5.32 Å². The lowest BCUT2D eigenvalue weighted by Gasteiger charge is -2.15. The molecule has 1 aliphatic heterocycles. The van der Waals surface area contributed by atoms with Crippen LogP contribution in [-0.4, -0.2) is 56.6 Å². The number of aliphatic hydroxyl groups is 1. The number of β-amino-alcohol motifs (C(OH)–C–C–N with tert-alkyl or cyclic N) is 1. The lowest BCUT2D eigenvalue weighted by atomic mass is 10.0. The van der Waals surface area contributed by atoms with Gasteiger partial charge in [-0.05, 0) is 20.3 Å². The predicted octanol–water partition coefficient (Wildman–Crippen LogP) is 1.35. The third kappa shape index (κ3) is 3.54. The summed E-state index contributed by atoms with van der Waals surface area (Å²) in [5, 5.41) is 14.2. The van der Waals surface area contributed by atoms with E-state index in [0.29, 0.717) is 24.4 Å². The number of nitrogens with zero attached hydrogens (tertiary/aromatic N) is 4. The molecule has 3 heterocycles. The minimum Gasteiger partial charge on any atom is -0.391 e. The van der Waals surface area contributed by atoms with Gasteiger partial charge in [-0.1, -0.05) is 11.3 Å². The molecule has 2 atom stereocenters. The molecule has 24 heavy (non-hydrogen) atoms. The average Bonchev–Trinajstić information content (AvgIpc) is 3.11. The fourth-order valence-corrected chi connectivity index (χ4v) is 3.89. The fraction of sp³-hybridized carbons (Fsp3) is 0.500. The van der Waals surface area contributed by atoms with Crippen molar-refractivity contribution >= 4 is 22.4 Å². The normalized spacial score (nSPS) is 20.4. The molecule has 1 aliphatic rings. The van der Waals surface area contributed by atoms with E-state index in [2.05, 4.69) is 20.3 Å². The maximum Gasteiger partial charge on any atom is 0.266 e. The smallest absolute Gasteiger partial charge is 0.266 e. The van der Waals surface area contributed by atoms with E-state index in [4.69, 9.17) is 0 Å². The largest absolute Gasteiger partial charge is 0.391 e. The highest BCUT2D eigenvalue weighted by atomic mass is 32.1. The van der Waals surface area contributed by atoms with Crippen LogP contribution in [0.2, 0.25) is 0 Å². The summed E-state index contributed by atoms with van der Waals surface area (Å²) in [7, 11) is 0. The van der Waals surface area contributed by atoms with Crippen LogP contribution >= 0.6 is 11.3 Å². The Kier molecular flexibility index (Phi) is 5.06. The molecule has 0 bridgehead atoms. The van der Waals surface area contributed by atoms with Gasteiger partial charge >= 0.3 is 0 Å². The predicted molar refractivity (Wildman–Crippen MR) is 92.2 cm³/mol. The molecule has 2 N–H and O–H groups in total. The molecule has 0 aromatic carbocycles. The van der Waals surface area contributed by atoms with E-state index in [1.54, 1.807) is 23.5 Å². The number of amides is 1. The van der Waals surface area contributed by atoms with E-state index < -0.39 is 6.10 Å². The number of nitrogens with one attached hydrogen (secondary N) is 1. The summed E-state index contributed by atoms with van der Waals surface area (Å²) < 4.78 is 0. The monoisotopic (exact) mass is 347 g/mol. The highest BCUT2D eigenvalue weighted by Gasteiger charge is 2.35. The Balaban J connectivity index is 1.68. The summed E-state index contributed by atoms with van der Waals surface area (Å²) in [6.07, 6.45) is 5.04. The lowest BCUT2D eigenvalue weighted by Crippen LogP contribution is -2.29. The molecule has 3 rings (SSSR count). The van der Waals surface area contributed by atoms with Crippen molar-refractivity contribution in [2.45, 2.75) is 26.4 Å². The zero-order valence-corrected chi connectivity index (χ0v) is 14.6. The summed E-state index contributed by atoms with van der Waals surface area (Å²) in [6, 6.07) is 0. The second-order valence-electron chi connectivity index (χ2n) is 5.90. The van der Waals surface area contributed by atoms with Gasteiger partial charge in [-0.2, -0.15) is 0 Å². The van der Waals surface area contributed by atoms with Gasteiger partial charge in [-0.15, -0.1) is 0 Å². The average molecular weight is 347 g/mol. The molecule has 128 valence electrons. The summed E-state index contributed by atoms with van der Waals surface area (Å²) in [6.45, 7) is 5.46. The Bertz CT molecular complexity index is 706. The first kappa shape index (κ1) is 16.8. The summed E-state index contributed by atoms with van der Waals surface area (Å²) in [4.78, 5) is 27.8. The maximum absolute atomic E-state index is 12.8. The minimum absolute atomic E-state index is 0.0212. The third-order valence-corrected chi connectivity index (χ3v) is 5.20. The number of aliphatic hydroxyl groups excluding tert-OH is 1. The molecule has 1 fully saturated rings. The van der Waals surface area contributed by atoms with Crippen molar-refractivity contribution < 1.29 is 9.90 Å². The molecule has 0 saturated carbocycles. The summed E-state index contributed by atoms with van der Waals surface area (Å²) >= 11 is 1.37. The van der Waals surface area contributed by atoms with E-state index in [1.807, 2.05) is 13.8 Å². The molecule has 8 heteroatoms. The number of carbonyl (C=O) groups excluding carboxylic acids is 1. The third-order valence-electron chi connectivity index (χ3n) is 4.10. The number of aromatic nitrogens is 3. The van der Waals surface area contributed by atoms with Crippen molar-refractivity contribution in [1.29, 1.82) is 0 Å². The molecule has 0 spiro atoms. The molecule has 0 unspecified atom stereocenters. The van der Waals surface area contributed by atoms with Crippen LogP contribution in [0, 0.1) is 12.8 Å². The zero-order valence-electron chi connectivity index (χ0n) is 13.8. The second-order valence-corrected chi connectivity index (χ2v) is 6.90. The van der Waals surface area contributed by atoms with Gasteiger partial charge in [-0.3, -0.25) is 14.8 Å². The van der Waals surface area contributed by atoms with Gasteiger partial charge in [0.05, 0.1) is 17.5 Å². The Labute approximate surface area is 144 Å². The molecule has 0 aliphatic carbocycles. The van der Waals surface area contributed by atoms with E-state index >= 15 is 0 Å². The number of anilines is 1. The molecule has 2 aromatic heterocycles. The first-order valence-electron chi connectivity index (χ1n) is 8.02. The Morgan fingerprint density at radius 1 is 1.46 bits per heavy atom. The van der Waals surface area contributed by atoms with Gasteiger partial charge < -0.3 is 15.3 Å². The van der Waals surface area contributed by atoms with Gasteiger partial charge in [0, 0.05) is 44.1 Å². The van der Waals surface area contributed by atoms with Crippen LogP contribution in [0.25, 0.3) is 0 Å². The molecule has 7 nitrogen and oxygen atoms in total. The second kappa shape index (κ2) is 7.23. The van der Waals surface area contributed by atoms with Gasteiger partial charge in [0.25, 0.3) is 5.91 Å². The van der Waals surface area contributed by atoms with Gasteiger partial charge in [0.1, 0.15) is 4.88 Å². The number of carbonyl (C=O) groups is 1. The number of likely N-dealkylation sites (tertiary alicyclic amines) is 1. The van der Waals surface area contributed by atoms with Gasteiger partial charge in [0.15, 0.2) is 5.13 Å². The van der Waals surface area contributed by atoms with Crippen LogP contribution in [-0.2, 0) is 6.42 Å². The quantitative estimate of drug-likeness (QED) is 0.848. The highest BCUT2D eigenvalue weighted by molar-refractivity contribution is 7.17. The number of thiazole rings is 1. The van der Waals surface area contributed by atoms with Crippen molar-refractivity contribution in [3.8, 4) is 0 Å². The van der Waals surface area contributed by atoms with E-state index in [1.165, 1.54) is 11.3 Å². The van der Waals surface area contributed by atoms with Crippen LogP contribution in [0.15, 0.2) is 18.6 Å². The topological polar surface area (TPSA) is 91.2 Å². The van der Waals surface area contributed by atoms with Crippen LogP contribution in [0.1, 0.15) is 28.0 Å². The Morgan fingerprint density at radius 2 is 2.29 bits per heavy atom. The van der Waals surface area contributed by atoms with Crippen molar-refractivity contribution in [2.75, 3.05) is 25.0 Å². The molecule has 2 aromatic rings. The summed E-state index contributed by atoms with van der Waals surface area (Å²) in [5.41, 5.74) is 1.56. The number of hydrogen-bond acceptors (Lipinski definition) is 7. The van der Waals surface area contributed by atoms with Crippen molar-refractivity contribution in [3.05, 3.63) is 34.9 Å².